The number of quaternary nitrogens is 1. The molecule has 6 nitrogen and oxygen atoms in total. The molecular weight excluding hydrogens is 322 g/mol. The number of carbonyl (C=O) groups excluding carboxylic acids is 3. The molecule has 2 aliphatic heterocycles. The Labute approximate surface area is 145 Å². The lowest BCUT2D eigenvalue weighted by Crippen LogP contribution is -2.46. The quantitative estimate of drug-likeness (QED) is 0.361. The first-order valence-corrected chi connectivity index (χ1v) is 7.97. The molecule has 1 fully saturated rings. The Balaban J connectivity index is 2.02. The van der Waals surface area contributed by atoms with Crippen molar-refractivity contribution in [1.82, 2.24) is 0 Å². The molecule has 0 bridgehead atoms. The highest BCUT2D eigenvalue weighted by Crippen LogP contribution is 2.51. The van der Waals surface area contributed by atoms with Crippen LogP contribution in [0.4, 0.5) is 0 Å². The predicted molar refractivity (Wildman–Crippen MR) is 89.1 cm³/mol. The van der Waals surface area contributed by atoms with Gasteiger partial charge in [0.15, 0.2) is 5.70 Å². The zero-order chi connectivity index (χ0) is 18.2. The Morgan fingerprint density at radius 1 is 1.00 bits per heavy atom. The van der Waals surface area contributed by atoms with E-state index in [9.17, 15) is 14.4 Å². The van der Waals surface area contributed by atoms with Crippen molar-refractivity contribution >= 4 is 17.7 Å². The summed E-state index contributed by atoms with van der Waals surface area (Å²) in [6.45, 7) is 0.431. The summed E-state index contributed by atoms with van der Waals surface area (Å²) in [7, 11) is 4.32. The summed E-state index contributed by atoms with van der Waals surface area (Å²) < 4.78 is 9.90. The molecule has 2 aliphatic rings. The normalized spacial score (nSPS) is 23.3. The zero-order valence-electron chi connectivity index (χ0n) is 14.4. The van der Waals surface area contributed by atoms with Gasteiger partial charge in [0.1, 0.15) is 5.70 Å². The average molecular weight is 342 g/mol. The summed E-state index contributed by atoms with van der Waals surface area (Å²) in [6.07, 6.45) is 3.59. The number of hydrogen-bond donors (Lipinski definition) is 0. The van der Waals surface area contributed by atoms with E-state index in [2.05, 4.69) is 0 Å². The lowest BCUT2D eigenvalue weighted by Gasteiger charge is -2.31. The topological polar surface area (TPSA) is 69.7 Å². The Bertz CT molecular complexity index is 792. The summed E-state index contributed by atoms with van der Waals surface area (Å²) in [6, 6.07) is 8.94. The molecule has 0 amide bonds. The fraction of sp³-hybridized carbons (Fsp3) is 0.316. The first-order chi connectivity index (χ1) is 11.9. The maximum atomic E-state index is 12.9. The molecular formula is C19H20NO5+. The predicted octanol–water partition coefficient (Wildman–Crippen LogP) is 1.83. The van der Waals surface area contributed by atoms with Crippen LogP contribution in [0.2, 0.25) is 0 Å². The first-order valence-electron chi connectivity index (χ1n) is 7.97. The van der Waals surface area contributed by atoms with E-state index in [0.717, 1.165) is 0 Å². The molecule has 0 aromatic heterocycles. The van der Waals surface area contributed by atoms with E-state index in [1.54, 1.807) is 36.4 Å². The van der Waals surface area contributed by atoms with Crippen molar-refractivity contribution < 1.29 is 28.3 Å². The minimum Gasteiger partial charge on any atom is -0.468 e. The monoisotopic (exact) mass is 342 g/mol. The van der Waals surface area contributed by atoms with E-state index in [-0.39, 0.29) is 16.7 Å². The largest absolute Gasteiger partial charge is 0.468 e. The minimum absolute atomic E-state index is 0.109. The number of likely N-dealkylation sites (N-methyl/N-ethyl adjacent to an activating group) is 1. The first kappa shape index (κ1) is 17.1. The second-order valence-corrected chi connectivity index (χ2v) is 6.35. The van der Waals surface area contributed by atoms with Gasteiger partial charge in [-0.25, -0.2) is 0 Å². The average Bonchev–Trinajstić information content (AvgIpc) is 3.14. The van der Waals surface area contributed by atoms with E-state index in [4.69, 9.17) is 9.47 Å². The molecule has 1 unspecified atom stereocenters. The fourth-order valence-electron chi connectivity index (χ4n) is 3.82. The third kappa shape index (κ3) is 2.25. The number of carbonyl (C=O) groups is 3. The number of allylic oxidation sites excluding steroid dienone is 3. The van der Waals surface area contributed by atoms with E-state index in [0.29, 0.717) is 23.5 Å². The standard InChI is InChI=1S/C19H20NO5/c1-20-12-11-19(17(22)24-2,18(23)25-3)15(20)10-9-14(20)16(21)13-7-5-4-6-8-13/h4-10H,11-12H2,1-3H3/q+1. The van der Waals surface area contributed by atoms with Gasteiger partial charge in [-0.3, -0.25) is 18.9 Å². The van der Waals surface area contributed by atoms with Crippen molar-refractivity contribution in [3.05, 3.63) is 59.4 Å². The molecule has 25 heavy (non-hydrogen) atoms. The third-order valence-corrected chi connectivity index (χ3v) is 5.17. The minimum atomic E-state index is -1.51. The van der Waals surface area contributed by atoms with Crippen LogP contribution in [0.5, 0.6) is 0 Å². The fourth-order valence-corrected chi connectivity index (χ4v) is 3.82. The Morgan fingerprint density at radius 3 is 2.16 bits per heavy atom. The highest BCUT2D eigenvalue weighted by atomic mass is 16.5. The van der Waals surface area contributed by atoms with Gasteiger partial charge in [0, 0.05) is 24.1 Å². The summed E-state index contributed by atoms with van der Waals surface area (Å²) in [5.74, 6) is -1.44. The maximum Gasteiger partial charge on any atom is 0.333 e. The molecule has 130 valence electrons. The second-order valence-electron chi connectivity index (χ2n) is 6.35. The number of rotatable bonds is 4. The number of esters is 2. The van der Waals surface area contributed by atoms with Crippen molar-refractivity contribution in [2.45, 2.75) is 6.42 Å². The van der Waals surface area contributed by atoms with Gasteiger partial charge < -0.3 is 9.47 Å². The number of nitrogens with zero attached hydrogens (tertiary/aromatic N) is 1. The van der Waals surface area contributed by atoms with Crippen molar-refractivity contribution in [3.8, 4) is 0 Å². The summed E-state index contributed by atoms with van der Waals surface area (Å²) >= 11 is 0. The van der Waals surface area contributed by atoms with Crippen LogP contribution in [0.25, 0.3) is 0 Å². The van der Waals surface area contributed by atoms with Crippen LogP contribution in [0.3, 0.4) is 0 Å². The number of fused-ring (bicyclic) bond motifs is 1. The van der Waals surface area contributed by atoms with Crippen LogP contribution in [-0.4, -0.2) is 50.0 Å². The molecule has 6 heteroatoms. The molecule has 0 N–H and O–H groups in total. The Hall–Kier alpha value is -2.73. The third-order valence-electron chi connectivity index (χ3n) is 5.17. The van der Waals surface area contributed by atoms with Crippen LogP contribution in [0.1, 0.15) is 16.8 Å². The summed E-state index contributed by atoms with van der Waals surface area (Å²) in [5, 5.41) is 0. The molecule has 0 aliphatic carbocycles. The molecule has 2 heterocycles. The van der Waals surface area contributed by atoms with Crippen LogP contribution in [0.15, 0.2) is 53.9 Å². The molecule has 1 saturated heterocycles. The SMILES string of the molecule is COC(=O)C1(C(=O)OC)CC[N+]2(C)C(C(=O)c3ccccc3)=CC=C12. The molecule has 0 saturated carbocycles. The van der Waals surface area contributed by atoms with E-state index >= 15 is 0 Å². The van der Waals surface area contributed by atoms with Crippen molar-refractivity contribution in [3.63, 3.8) is 0 Å². The lowest BCUT2D eigenvalue weighted by molar-refractivity contribution is -0.817. The zero-order valence-corrected chi connectivity index (χ0v) is 14.4. The van der Waals surface area contributed by atoms with Crippen LogP contribution in [-0.2, 0) is 19.1 Å². The number of methoxy groups -OCH3 is 2. The van der Waals surface area contributed by atoms with Gasteiger partial charge in [0.05, 0.1) is 27.8 Å². The molecule has 0 radical (unpaired) electrons. The van der Waals surface area contributed by atoms with Gasteiger partial charge >= 0.3 is 11.9 Å². The van der Waals surface area contributed by atoms with E-state index in [1.165, 1.54) is 14.2 Å². The second kappa shape index (κ2) is 5.97. The van der Waals surface area contributed by atoms with Gasteiger partial charge in [-0.05, 0) is 0 Å². The van der Waals surface area contributed by atoms with Crippen molar-refractivity contribution in [1.29, 1.82) is 0 Å². The van der Waals surface area contributed by atoms with Gasteiger partial charge in [0.25, 0.3) is 0 Å². The van der Waals surface area contributed by atoms with E-state index < -0.39 is 17.4 Å². The molecule has 3 rings (SSSR count). The number of ketones is 1. The highest BCUT2D eigenvalue weighted by molar-refractivity contribution is 6.09. The van der Waals surface area contributed by atoms with Crippen LogP contribution < -0.4 is 0 Å². The van der Waals surface area contributed by atoms with Gasteiger partial charge in [-0.15, -0.1) is 0 Å². The number of Topliss-reactive ketones (excluding diaryl/α,β-unsaturated/α-hetero) is 1. The van der Waals surface area contributed by atoms with Gasteiger partial charge in [-0.2, -0.15) is 0 Å². The number of hydrogen-bond acceptors (Lipinski definition) is 5. The Kier molecular flexibility index (Phi) is 4.08. The smallest absolute Gasteiger partial charge is 0.333 e. The molecule has 0 spiro atoms. The van der Waals surface area contributed by atoms with Crippen molar-refractivity contribution in [2.24, 2.45) is 5.41 Å². The van der Waals surface area contributed by atoms with Gasteiger partial charge in [0.2, 0.25) is 11.2 Å². The van der Waals surface area contributed by atoms with Crippen LogP contribution in [0, 0.1) is 5.41 Å². The number of benzene rings is 1. The summed E-state index contributed by atoms with van der Waals surface area (Å²) in [5.41, 5.74) is 0.103. The van der Waals surface area contributed by atoms with Crippen molar-refractivity contribution in [2.75, 3.05) is 27.8 Å². The Morgan fingerprint density at radius 2 is 1.60 bits per heavy atom. The lowest BCUT2D eigenvalue weighted by atomic mass is 9.83. The molecule has 1 atom stereocenters. The summed E-state index contributed by atoms with van der Waals surface area (Å²) in [4.78, 5) is 37.9. The highest BCUT2D eigenvalue weighted by Gasteiger charge is 2.66. The maximum absolute atomic E-state index is 12.9. The van der Waals surface area contributed by atoms with Gasteiger partial charge in [-0.1, -0.05) is 30.3 Å². The molecule has 1 aromatic carbocycles. The van der Waals surface area contributed by atoms with E-state index in [1.807, 2.05) is 13.1 Å². The molecule has 1 aromatic rings. The van der Waals surface area contributed by atoms with Crippen LogP contribution >= 0.6 is 0 Å². The number of ether oxygens (including phenoxy) is 2.